The minimum Gasteiger partial charge on any atom is -0.490 e. The van der Waals surface area contributed by atoms with E-state index in [-0.39, 0.29) is 35.6 Å². The van der Waals surface area contributed by atoms with Gasteiger partial charge in [-0.3, -0.25) is 4.79 Å². The van der Waals surface area contributed by atoms with Gasteiger partial charge in [-0.1, -0.05) is 12.1 Å². The number of nitrogens with one attached hydrogen (secondary N) is 3. The molecule has 0 fully saturated rings. The number of anilines is 2. The number of guanidine groups is 1. The van der Waals surface area contributed by atoms with Crippen molar-refractivity contribution >= 4 is 47.2 Å². The van der Waals surface area contributed by atoms with E-state index in [4.69, 9.17) is 13.9 Å². The topological polar surface area (TPSA) is 97.1 Å². The second-order valence-corrected chi connectivity index (χ2v) is 7.16. The van der Waals surface area contributed by atoms with Crippen molar-refractivity contribution in [2.75, 3.05) is 30.4 Å². The molecule has 0 atom stereocenters. The van der Waals surface area contributed by atoms with Crippen molar-refractivity contribution in [2.45, 2.75) is 19.9 Å². The Hall–Kier alpha value is -3.21. The highest BCUT2D eigenvalue weighted by atomic mass is 127. The molecule has 3 aromatic rings. The standard InChI is InChI=1S/C24H26N4O4.HI/c1-2-25-24(28-19-10-11-20-22(15-19)32-14-4-13-30-20)26-16-17-6-8-18(9-7-17)27-23(29)21-5-3-12-31-21;/h3,5-12,15H,2,4,13-14,16H2,1H3,(H,27,29)(H2,25,26,28);1H. The molecular weight excluding hydrogens is 535 g/mol. The van der Waals surface area contributed by atoms with Gasteiger partial charge in [0, 0.05) is 30.4 Å². The fourth-order valence-electron chi connectivity index (χ4n) is 3.15. The first kappa shape index (κ1) is 24.4. The number of carbonyl (C=O) groups excluding carboxylic acids is 1. The molecule has 0 saturated heterocycles. The minimum atomic E-state index is -0.283. The van der Waals surface area contributed by atoms with E-state index in [0.29, 0.717) is 31.4 Å². The largest absolute Gasteiger partial charge is 0.490 e. The van der Waals surface area contributed by atoms with E-state index in [1.165, 1.54) is 6.26 Å². The number of carbonyl (C=O) groups is 1. The fourth-order valence-corrected chi connectivity index (χ4v) is 3.15. The van der Waals surface area contributed by atoms with E-state index in [1.807, 2.05) is 49.4 Å². The summed E-state index contributed by atoms with van der Waals surface area (Å²) in [5.41, 5.74) is 2.57. The Morgan fingerprint density at radius 2 is 1.73 bits per heavy atom. The molecule has 0 bridgehead atoms. The molecular formula is C24H27IN4O4. The molecule has 1 amide bonds. The van der Waals surface area contributed by atoms with Crippen LogP contribution in [0.2, 0.25) is 0 Å². The predicted octanol–water partition coefficient (Wildman–Crippen LogP) is 4.89. The van der Waals surface area contributed by atoms with Crippen LogP contribution in [0.15, 0.2) is 70.3 Å². The molecule has 3 N–H and O–H groups in total. The first-order valence-corrected chi connectivity index (χ1v) is 10.6. The van der Waals surface area contributed by atoms with Gasteiger partial charge in [0.25, 0.3) is 5.91 Å². The van der Waals surface area contributed by atoms with Crippen molar-refractivity contribution in [1.29, 1.82) is 0 Å². The van der Waals surface area contributed by atoms with E-state index in [9.17, 15) is 4.79 Å². The fraction of sp³-hybridized carbons (Fsp3) is 0.250. The maximum Gasteiger partial charge on any atom is 0.291 e. The highest BCUT2D eigenvalue weighted by Gasteiger charge is 2.12. The minimum absolute atomic E-state index is 0. The van der Waals surface area contributed by atoms with Crippen LogP contribution in [0.5, 0.6) is 11.5 Å². The molecule has 8 nitrogen and oxygen atoms in total. The Morgan fingerprint density at radius 1 is 0.970 bits per heavy atom. The second-order valence-electron chi connectivity index (χ2n) is 7.16. The van der Waals surface area contributed by atoms with Crippen LogP contribution in [0.1, 0.15) is 29.5 Å². The zero-order valence-electron chi connectivity index (χ0n) is 18.3. The summed E-state index contributed by atoms with van der Waals surface area (Å²) in [7, 11) is 0. The van der Waals surface area contributed by atoms with E-state index in [1.54, 1.807) is 12.1 Å². The van der Waals surface area contributed by atoms with Crippen LogP contribution in [0.4, 0.5) is 11.4 Å². The van der Waals surface area contributed by atoms with Crippen molar-refractivity contribution in [2.24, 2.45) is 4.99 Å². The van der Waals surface area contributed by atoms with Gasteiger partial charge in [-0.2, -0.15) is 0 Å². The average molecular weight is 562 g/mol. The molecule has 1 aliphatic rings. The van der Waals surface area contributed by atoms with Gasteiger partial charge in [0.1, 0.15) is 0 Å². The van der Waals surface area contributed by atoms with Gasteiger partial charge in [0.15, 0.2) is 23.2 Å². The quantitative estimate of drug-likeness (QED) is 0.225. The maximum atomic E-state index is 12.1. The Kier molecular flexibility index (Phi) is 8.99. The number of nitrogens with zero attached hydrogens (tertiary/aromatic N) is 1. The Morgan fingerprint density at radius 3 is 2.45 bits per heavy atom. The van der Waals surface area contributed by atoms with E-state index < -0.39 is 0 Å². The third kappa shape index (κ3) is 6.88. The van der Waals surface area contributed by atoms with Gasteiger partial charge in [-0.05, 0) is 48.9 Å². The first-order chi connectivity index (χ1) is 15.7. The lowest BCUT2D eigenvalue weighted by Gasteiger charge is -2.14. The van der Waals surface area contributed by atoms with Gasteiger partial charge < -0.3 is 29.8 Å². The molecule has 9 heteroatoms. The molecule has 0 spiro atoms. The SMILES string of the molecule is CCNC(=NCc1ccc(NC(=O)c2ccco2)cc1)Nc1ccc2c(c1)OCCCO2.I. The molecule has 0 unspecified atom stereocenters. The number of hydrogen-bond donors (Lipinski definition) is 3. The summed E-state index contributed by atoms with van der Waals surface area (Å²) >= 11 is 0. The Balaban J connectivity index is 0.00000306. The molecule has 2 aromatic carbocycles. The number of amides is 1. The van der Waals surface area contributed by atoms with E-state index >= 15 is 0 Å². The van der Waals surface area contributed by atoms with Crippen molar-refractivity contribution in [3.8, 4) is 11.5 Å². The molecule has 2 heterocycles. The maximum absolute atomic E-state index is 12.1. The number of furan rings is 1. The van der Waals surface area contributed by atoms with Crippen molar-refractivity contribution in [3.63, 3.8) is 0 Å². The summed E-state index contributed by atoms with van der Waals surface area (Å²) in [4.78, 5) is 16.7. The summed E-state index contributed by atoms with van der Waals surface area (Å²) in [6.07, 6.45) is 2.34. The van der Waals surface area contributed by atoms with Gasteiger partial charge in [0.2, 0.25) is 0 Å². The average Bonchev–Trinajstić information content (AvgIpc) is 3.25. The summed E-state index contributed by atoms with van der Waals surface area (Å²) in [5.74, 6) is 2.14. The molecule has 174 valence electrons. The molecule has 1 aromatic heterocycles. The Labute approximate surface area is 209 Å². The lowest BCUT2D eigenvalue weighted by molar-refractivity contribution is 0.0996. The van der Waals surface area contributed by atoms with Crippen molar-refractivity contribution in [1.82, 2.24) is 5.32 Å². The van der Waals surface area contributed by atoms with E-state index in [2.05, 4.69) is 20.9 Å². The van der Waals surface area contributed by atoms with Crippen molar-refractivity contribution < 1.29 is 18.7 Å². The van der Waals surface area contributed by atoms with Crippen LogP contribution in [-0.2, 0) is 6.54 Å². The van der Waals surface area contributed by atoms with Gasteiger partial charge in [0.05, 0.1) is 26.0 Å². The Bertz CT molecular complexity index is 1070. The van der Waals surface area contributed by atoms with Crippen molar-refractivity contribution in [3.05, 3.63) is 72.2 Å². The summed E-state index contributed by atoms with van der Waals surface area (Å²) in [5, 5.41) is 9.36. The number of benzene rings is 2. The molecule has 1 aliphatic heterocycles. The van der Waals surface area contributed by atoms with Crippen LogP contribution < -0.4 is 25.4 Å². The monoisotopic (exact) mass is 562 g/mol. The molecule has 33 heavy (non-hydrogen) atoms. The third-order valence-electron chi connectivity index (χ3n) is 4.73. The first-order valence-electron chi connectivity index (χ1n) is 10.6. The summed E-state index contributed by atoms with van der Waals surface area (Å²) in [6.45, 7) is 4.53. The highest BCUT2D eigenvalue weighted by Crippen LogP contribution is 2.32. The zero-order valence-corrected chi connectivity index (χ0v) is 20.6. The van der Waals surface area contributed by atoms with Crippen LogP contribution in [0, 0.1) is 0 Å². The molecule has 4 rings (SSSR count). The van der Waals surface area contributed by atoms with Crippen LogP contribution in [0.3, 0.4) is 0 Å². The zero-order chi connectivity index (χ0) is 22.2. The summed E-state index contributed by atoms with van der Waals surface area (Å²) in [6, 6.07) is 16.6. The van der Waals surface area contributed by atoms with Gasteiger partial charge in [-0.25, -0.2) is 4.99 Å². The number of fused-ring (bicyclic) bond motifs is 1. The van der Waals surface area contributed by atoms with E-state index in [0.717, 1.165) is 35.7 Å². The summed E-state index contributed by atoms with van der Waals surface area (Å²) < 4.78 is 16.6. The normalized spacial score (nSPS) is 12.8. The van der Waals surface area contributed by atoms with Gasteiger partial charge >= 0.3 is 0 Å². The number of ether oxygens (including phenoxy) is 2. The van der Waals surface area contributed by atoms with Gasteiger partial charge in [-0.15, -0.1) is 24.0 Å². The highest BCUT2D eigenvalue weighted by molar-refractivity contribution is 14.0. The van der Waals surface area contributed by atoms with Crippen LogP contribution >= 0.6 is 24.0 Å². The van der Waals surface area contributed by atoms with Crippen LogP contribution in [0.25, 0.3) is 0 Å². The number of aliphatic imine (C=N–C) groups is 1. The predicted molar refractivity (Wildman–Crippen MR) is 139 cm³/mol. The number of rotatable bonds is 6. The smallest absolute Gasteiger partial charge is 0.291 e. The lowest BCUT2D eigenvalue weighted by atomic mass is 10.2. The lowest BCUT2D eigenvalue weighted by Crippen LogP contribution is -2.30. The third-order valence-corrected chi connectivity index (χ3v) is 4.73. The molecule has 0 saturated carbocycles. The molecule has 0 radical (unpaired) electrons. The molecule has 0 aliphatic carbocycles. The number of hydrogen-bond acceptors (Lipinski definition) is 5. The number of halogens is 1. The van der Waals surface area contributed by atoms with Crippen LogP contribution in [-0.4, -0.2) is 31.6 Å². The second kappa shape index (κ2) is 12.1.